The van der Waals surface area contributed by atoms with E-state index in [-0.39, 0.29) is 24.2 Å². The monoisotopic (exact) mass is 564 g/mol. The van der Waals surface area contributed by atoms with Crippen LogP contribution in [0.2, 0.25) is 0 Å². The van der Waals surface area contributed by atoms with E-state index in [1.807, 2.05) is 18.2 Å². The minimum Gasteiger partial charge on any atom is -0.469 e. The number of aliphatic hydroxyl groups excluding tert-OH is 4. The van der Waals surface area contributed by atoms with Crippen molar-refractivity contribution < 1.29 is 63.2 Å². The fourth-order valence-corrected chi connectivity index (χ4v) is 4.07. The third-order valence-electron chi connectivity index (χ3n) is 6.25. The van der Waals surface area contributed by atoms with E-state index in [4.69, 9.17) is 28.4 Å². The smallest absolute Gasteiger partial charge is 0.337 e. The highest BCUT2D eigenvalue weighted by Gasteiger charge is 2.47. The number of hydrogen-bond acceptors (Lipinski definition) is 13. The van der Waals surface area contributed by atoms with E-state index in [2.05, 4.69) is 0 Å². The first kappa shape index (κ1) is 30.9. The lowest BCUT2D eigenvalue weighted by Gasteiger charge is -2.41. The van der Waals surface area contributed by atoms with E-state index in [0.29, 0.717) is 0 Å². The van der Waals surface area contributed by atoms with Gasteiger partial charge in [0.15, 0.2) is 6.29 Å². The molecule has 13 nitrogen and oxygen atoms in total. The molecule has 3 rings (SSSR count). The summed E-state index contributed by atoms with van der Waals surface area (Å²) in [6.45, 7) is -1.03. The summed E-state index contributed by atoms with van der Waals surface area (Å²) in [6.07, 6.45) is -4.61. The minimum absolute atomic E-state index is 0.0666. The number of hydrogen-bond donors (Lipinski definition) is 4. The van der Waals surface area contributed by atoms with E-state index >= 15 is 0 Å². The molecule has 1 aromatic carbocycles. The van der Waals surface area contributed by atoms with Gasteiger partial charge in [0.2, 0.25) is 6.29 Å². The summed E-state index contributed by atoms with van der Waals surface area (Å²) in [5, 5.41) is 40.1. The van der Waals surface area contributed by atoms with Crippen molar-refractivity contribution in [3.05, 3.63) is 65.5 Å². The maximum absolute atomic E-state index is 12.5. The predicted octanol–water partition coefficient (Wildman–Crippen LogP) is -0.422. The minimum atomic E-state index is -1.76. The Morgan fingerprint density at radius 2 is 1.73 bits per heavy atom. The van der Waals surface area contributed by atoms with E-state index in [0.717, 1.165) is 26.0 Å². The molecule has 0 saturated carbocycles. The summed E-state index contributed by atoms with van der Waals surface area (Å²) < 4.78 is 31.5. The molecule has 0 spiro atoms. The maximum atomic E-state index is 12.5. The van der Waals surface area contributed by atoms with Crippen molar-refractivity contribution in [2.24, 2.45) is 5.92 Å². The van der Waals surface area contributed by atoms with Gasteiger partial charge in [-0.2, -0.15) is 0 Å². The number of methoxy groups -OCH3 is 2. The van der Waals surface area contributed by atoms with E-state index in [1.54, 1.807) is 18.2 Å². The lowest BCUT2D eigenvalue weighted by atomic mass is 9.86. The second-order valence-electron chi connectivity index (χ2n) is 8.78. The average Bonchev–Trinajstić information content (AvgIpc) is 2.97. The number of carbonyl (C=O) groups excluding carboxylic acids is 3. The Bertz CT molecular complexity index is 1110. The largest absolute Gasteiger partial charge is 0.469 e. The molecule has 218 valence electrons. The first-order chi connectivity index (χ1) is 19.2. The molecule has 13 heteroatoms. The fraction of sp³-hybridized carbons (Fsp3) is 0.444. The molecule has 40 heavy (non-hydrogen) atoms. The molecule has 0 amide bonds. The standard InChI is InChI=1S/C27H32O13/c1-35-21(30)12-17-16(10-11-37-20(29)9-8-15-6-4-3-5-7-15)26(38-14-18(17)25(34)36-2)40-27-24(33)23(32)22(31)19(13-28)39-27/h3-10,14,17,19,22-24,26-28,31-33H,11-13H2,1-2H3/b9-8+,16-10-/t17-,19+,22+,23-,24+,26-,27-/m0/s1. The van der Waals surface area contributed by atoms with Crippen LogP contribution >= 0.6 is 0 Å². The van der Waals surface area contributed by atoms with Crippen molar-refractivity contribution in [1.82, 2.24) is 0 Å². The van der Waals surface area contributed by atoms with Crippen molar-refractivity contribution >= 4 is 24.0 Å². The van der Waals surface area contributed by atoms with Gasteiger partial charge in [-0.15, -0.1) is 0 Å². The van der Waals surface area contributed by atoms with E-state index in [1.165, 1.54) is 12.2 Å². The molecule has 2 aliphatic rings. The van der Waals surface area contributed by atoms with Gasteiger partial charge < -0.3 is 48.8 Å². The lowest BCUT2D eigenvalue weighted by molar-refractivity contribution is -0.327. The van der Waals surface area contributed by atoms with Gasteiger partial charge >= 0.3 is 17.9 Å². The third-order valence-corrected chi connectivity index (χ3v) is 6.25. The maximum Gasteiger partial charge on any atom is 0.337 e. The van der Waals surface area contributed by atoms with Crippen molar-refractivity contribution in [1.29, 1.82) is 0 Å². The highest BCUT2D eigenvalue weighted by molar-refractivity contribution is 5.91. The van der Waals surface area contributed by atoms with Crippen molar-refractivity contribution in [2.75, 3.05) is 27.4 Å². The van der Waals surface area contributed by atoms with Gasteiger partial charge in [-0.1, -0.05) is 30.3 Å². The Labute approximate surface area is 229 Å². The molecule has 0 radical (unpaired) electrons. The summed E-state index contributed by atoms with van der Waals surface area (Å²) in [7, 11) is 2.30. The van der Waals surface area contributed by atoms with Crippen LogP contribution in [0.1, 0.15) is 12.0 Å². The molecule has 1 saturated heterocycles. The van der Waals surface area contributed by atoms with Crippen LogP contribution in [0.4, 0.5) is 0 Å². The zero-order valence-corrected chi connectivity index (χ0v) is 21.8. The third kappa shape index (κ3) is 7.75. The van der Waals surface area contributed by atoms with E-state index in [9.17, 15) is 34.8 Å². The zero-order valence-electron chi connectivity index (χ0n) is 21.8. The van der Waals surface area contributed by atoms with Gasteiger partial charge in [0, 0.05) is 17.6 Å². The topological polar surface area (TPSA) is 188 Å². The highest BCUT2D eigenvalue weighted by atomic mass is 16.8. The molecule has 1 aromatic rings. The van der Waals surface area contributed by atoms with Gasteiger partial charge in [0.25, 0.3) is 0 Å². The van der Waals surface area contributed by atoms with Crippen molar-refractivity contribution in [2.45, 2.75) is 43.4 Å². The average molecular weight is 565 g/mol. The number of esters is 3. The Balaban J connectivity index is 1.87. The molecule has 0 unspecified atom stereocenters. The fourth-order valence-electron chi connectivity index (χ4n) is 4.07. The van der Waals surface area contributed by atoms with Gasteiger partial charge in [-0.25, -0.2) is 9.59 Å². The normalized spacial score (nSPS) is 29.4. The molecule has 0 aliphatic carbocycles. The van der Waals surface area contributed by atoms with Crippen LogP contribution in [0.25, 0.3) is 6.08 Å². The summed E-state index contributed by atoms with van der Waals surface area (Å²) in [5.74, 6) is -3.21. The van der Waals surface area contributed by atoms with Crippen LogP contribution in [-0.2, 0) is 42.8 Å². The molecule has 0 bridgehead atoms. The molecule has 2 heterocycles. The number of rotatable bonds is 10. The Morgan fingerprint density at radius 1 is 1.00 bits per heavy atom. The highest BCUT2D eigenvalue weighted by Crippen LogP contribution is 2.36. The Kier molecular flexibility index (Phi) is 11.4. The number of carbonyl (C=O) groups is 3. The Hall–Kier alpha value is -3.59. The molecular formula is C27H32O13. The number of aliphatic hydroxyl groups is 4. The van der Waals surface area contributed by atoms with Gasteiger partial charge in [0.05, 0.1) is 39.1 Å². The van der Waals surface area contributed by atoms with Crippen LogP contribution in [0, 0.1) is 5.92 Å². The number of ether oxygens (including phenoxy) is 6. The van der Waals surface area contributed by atoms with Crippen LogP contribution < -0.4 is 0 Å². The number of benzene rings is 1. The molecule has 7 atom stereocenters. The van der Waals surface area contributed by atoms with Crippen molar-refractivity contribution in [3.63, 3.8) is 0 Å². The second kappa shape index (κ2) is 14.7. The van der Waals surface area contributed by atoms with Crippen LogP contribution in [-0.4, -0.2) is 103 Å². The van der Waals surface area contributed by atoms with Gasteiger partial charge in [0.1, 0.15) is 31.0 Å². The summed E-state index contributed by atoms with van der Waals surface area (Å²) in [6, 6.07) is 9.04. The molecule has 2 aliphatic heterocycles. The van der Waals surface area contributed by atoms with Crippen LogP contribution in [0.5, 0.6) is 0 Å². The summed E-state index contributed by atoms with van der Waals surface area (Å²) >= 11 is 0. The SMILES string of the molecule is COC(=O)C[C@@H]1C(C(=O)OC)=CO[C@@H](O[C@@H]2O[C@H](CO)[C@@H](O)[C@H](O)[C@H]2O)/C1=C\COC(=O)/C=C/c1ccccc1. The van der Waals surface area contributed by atoms with Gasteiger partial charge in [-0.05, 0) is 17.7 Å². The summed E-state index contributed by atoms with van der Waals surface area (Å²) in [4.78, 5) is 37.0. The Morgan fingerprint density at radius 3 is 2.38 bits per heavy atom. The zero-order chi connectivity index (χ0) is 29.2. The van der Waals surface area contributed by atoms with E-state index < -0.39 is 67.4 Å². The van der Waals surface area contributed by atoms with Crippen LogP contribution in [0.3, 0.4) is 0 Å². The molecule has 4 N–H and O–H groups in total. The van der Waals surface area contributed by atoms with Crippen molar-refractivity contribution in [3.8, 4) is 0 Å². The first-order valence-electron chi connectivity index (χ1n) is 12.3. The first-order valence-corrected chi connectivity index (χ1v) is 12.3. The molecule has 1 fully saturated rings. The molecule has 0 aromatic heterocycles. The predicted molar refractivity (Wildman–Crippen MR) is 134 cm³/mol. The summed E-state index contributed by atoms with van der Waals surface area (Å²) in [5.41, 5.74) is 0.825. The molecular weight excluding hydrogens is 532 g/mol. The van der Waals surface area contributed by atoms with Crippen LogP contribution in [0.15, 0.2) is 59.9 Å². The lowest BCUT2D eigenvalue weighted by Crippen LogP contribution is -2.60. The van der Waals surface area contributed by atoms with Gasteiger partial charge in [-0.3, -0.25) is 4.79 Å². The quantitative estimate of drug-likeness (QED) is 0.124. The second-order valence-corrected chi connectivity index (χ2v) is 8.78.